The van der Waals surface area contributed by atoms with Crippen molar-refractivity contribution in [2.24, 2.45) is 5.92 Å². The fourth-order valence-electron chi connectivity index (χ4n) is 4.33. The topological polar surface area (TPSA) is 56.1 Å². The molecular weight excluding hydrogens is 458 g/mol. The van der Waals surface area contributed by atoms with Gasteiger partial charge in [-0.3, -0.25) is 4.90 Å². The minimum atomic E-state index is -4.52. The minimum absolute atomic E-state index is 0.162. The third-order valence-corrected chi connectivity index (χ3v) is 6.39. The molecule has 6 nitrogen and oxygen atoms in total. The van der Waals surface area contributed by atoms with Crippen molar-refractivity contribution in [1.82, 2.24) is 24.4 Å². The van der Waals surface area contributed by atoms with Gasteiger partial charge in [0.1, 0.15) is 10.7 Å². The molecule has 178 valence electrons. The Morgan fingerprint density at radius 1 is 1.24 bits per heavy atom. The van der Waals surface area contributed by atoms with E-state index in [0.29, 0.717) is 12.3 Å². The molecule has 3 aromatic heterocycles. The Kier molecular flexibility index (Phi) is 7.08. The number of aromatic nitrogens is 4. The molecule has 0 radical (unpaired) electrons. The van der Waals surface area contributed by atoms with Gasteiger partial charge < -0.3 is 9.30 Å². The van der Waals surface area contributed by atoms with Crippen LogP contribution in [0.2, 0.25) is 0 Å². The van der Waals surface area contributed by atoms with Crippen molar-refractivity contribution in [2.45, 2.75) is 50.3 Å². The number of nitrogens with zero attached hydrogens (tertiary/aromatic N) is 5. The van der Waals surface area contributed by atoms with Crippen LogP contribution in [0.3, 0.4) is 0 Å². The summed E-state index contributed by atoms with van der Waals surface area (Å²) in [5, 5.41) is 0. The average molecular weight is 484 g/mol. The Labute approximate surface area is 193 Å². The summed E-state index contributed by atoms with van der Waals surface area (Å²) in [5.41, 5.74) is 2.65. The van der Waals surface area contributed by atoms with Gasteiger partial charge in [0.15, 0.2) is 5.65 Å². The SMILES string of the molecule is CC1CCN(Cc2nc3nccc4c3n2CCC4)C1.COc1ncc(C(F)(F)F)cc1SF. The predicted molar refractivity (Wildman–Crippen MR) is 118 cm³/mol. The molecule has 0 bridgehead atoms. The summed E-state index contributed by atoms with van der Waals surface area (Å²) in [5.74, 6) is 1.88. The molecule has 0 amide bonds. The second-order valence-electron chi connectivity index (χ2n) is 8.36. The van der Waals surface area contributed by atoms with Crippen LogP contribution in [0.25, 0.3) is 11.2 Å². The van der Waals surface area contributed by atoms with Gasteiger partial charge >= 0.3 is 6.18 Å². The van der Waals surface area contributed by atoms with Crippen molar-refractivity contribution in [3.05, 3.63) is 41.5 Å². The fraction of sp³-hybridized carbons (Fsp3) is 0.500. The van der Waals surface area contributed by atoms with Gasteiger partial charge in [-0.2, -0.15) is 17.1 Å². The molecule has 0 aromatic carbocycles. The van der Waals surface area contributed by atoms with Crippen molar-refractivity contribution in [2.75, 3.05) is 20.2 Å². The number of hydrogen-bond acceptors (Lipinski definition) is 6. The molecule has 0 N–H and O–H groups in total. The van der Waals surface area contributed by atoms with Crippen molar-refractivity contribution >= 4 is 23.3 Å². The molecule has 3 aromatic rings. The van der Waals surface area contributed by atoms with Gasteiger partial charge in [0.05, 0.1) is 36.9 Å². The molecule has 33 heavy (non-hydrogen) atoms. The van der Waals surface area contributed by atoms with Crippen LogP contribution in [0, 0.1) is 5.92 Å². The highest BCUT2D eigenvalue weighted by Crippen LogP contribution is 2.35. The zero-order valence-electron chi connectivity index (χ0n) is 18.4. The summed E-state index contributed by atoms with van der Waals surface area (Å²) in [7, 11) is 1.20. The third-order valence-electron chi connectivity index (χ3n) is 5.93. The first-order chi connectivity index (χ1) is 15.8. The van der Waals surface area contributed by atoms with Gasteiger partial charge in [0.25, 0.3) is 0 Å². The number of likely N-dealkylation sites (tertiary alicyclic amines) is 1. The normalized spacial score (nSPS) is 18.3. The lowest BCUT2D eigenvalue weighted by Gasteiger charge is -2.19. The van der Waals surface area contributed by atoms with Gasteiger partial charge in [0, 0.05) is 25.5 Å². The highest BCUT2D eigenvalue weighted by Gasteiger charge is 2.32. The van der Waals surface area contributed by atoms with Crippen LogP contribution in [0.5, 0.6) is 5.88 Å². The van der Waals surface area contributed by atoms with Crippen LogP contribution < -0.4 is 4.74 Å². The summed E-state index contributed by atoms with van der Waals surface area (Å²) < 4.78 is 55.5. The lowest BCUT2D eigenvalue weighted by Crippen LogP contribution is -2.23. The molecule has 2 aliphatic heterocycles. The number of pyridine rings is 2. The summed E-state index contributed by atoms with van der Waals surface area (Å²) in [6.45, 7) is 6.86. The number of ether oxygens (including phenoxy) is 1. The Hall–Kier alpha value is -2.40. The smallest absolute Gasteiger partial charge is 0.417 e. The predicted octanol–water partition coefficient (Wildman–Crippen LogP) is 5.30. The average Bonchev–Trinajstić information content (AvgIpc) is 3.38. The van der Waals surface area contributed by atoms with Crippen molar-refractivity contribution in [3.8, 4) is 5.88 Å². The zero-order chi connectivity index (χ0) is 23.6. The highest BCUT2D eigenvalue weighted by molar-refractivity contribution is 7.94. The van der Waals surface area contributed by atoms with Crippen molar-refractivity contribution < 1.29 is 21.8 Å². The molecule has 1 saturated heterocycles. The van der Waals surface area contributed by atoms with Gasteiger partial charge in [-0.25, -0.2) is 15.0 Å². The lowest BCUT2D eigenvalue weighted by molar-refractivity contribution is -0.138. The molecule has 1 atom stereocenters. The molecule has 0 aliphatic carbocycles. The van der Waals surface area contributed by atoms with Crippen LogP contribution in [0.4, 0.5) is 17.1 Å². The number of methoxy groups -OCH3 is 1. The first-order valence-corrected chi connectivity index (χ1v) is 11.5. The molecule has 11 heteroatoms. The maximum absolute atomic E-state index is 12.2. The summed E-state index contributed by atoms with van der Waals surface area (Å²) in [6, 6.07) is 2.80. The van der Waals surface area contributed by atoms with Gasteiger partial charge in [-0.15, -0.1) is 0 Å². The van der Waals surface area contributed by atoms with Crippen LogP contribution in [0.1, 0.15) is 36.7 Å². The Morgan fingerprint density at radius 2 is 2.06 bits per heavy atom. The molecule has 2 aliphatic rings. The van der Waals surface area contributed by atoms with E-state index in [1.54, 1.807) is 0 Å². The van der Waals surface area contributed by atoms with E-state index in [1.807, 2.05) is 6.20 Å². The second kappa shape index (κ2) is 9.84. The van der Waals surface area contributed by atoms with Gasteiger partial charge in [-0.1, -0.05) is 6.92 Å². The number of rotatable bonds is 4. The van der Waals surface area contributed by atoms with E-state index in [-0.39, 0.29) is 22.9 Å². The summed E-state index contributed by atoms with van der Waals surface area (Å²) in [6.07, 6.45) is 1.70. The Balaban J connectivity index is 0.000000166. The minimum Gasteiger partial charge on any atom is -0.480 e. The van der Waals surface area contributed by atoms with Crippen LogP contribution in [0.15, 0.2) is 29.4 Å². The second-order valence-corrected chi connectivity index (χ2v) is 8.95. The third kappa shape index (κ3) is 5.24. The fourth-order valence-corrected chi connectivity index (χ4v) is 4.70. The molecule has 1 unspecified atom stereocenters. The van der Waals surface area contributed by atoms with E-state index in [0.717, 1.165) is 24.7 Å². The molecule has 0 spiro atoms. The van der Waals surface area contributed by atoms with E-state index in [1.165, 1.54) is 56.4 Å². The first-order valence-electron chi connectivity index (χ1n) is 10.7. The summed E-state index contributed by atoms with van der Waals surface area (Å²) in [4.78, 5) is 14.8. The van der Waals surface area contributed by atoms with E-state index in [9.17, 15) is 17.1 Å². The van der Waals surface area contributed by atoms with E-state index < -0.39 is 11.7 Å². The maximum atomic E-state index is 12.2. The van der Waals surface area contributed by atoms with Crippen LogP contribution >= 0.6 is 12.1 Å². The molecule has 1 fully saturated rings. The number of aryl methyl sites for hydroxylation is 2. The quantitative estimate of drug-likeness (QED) is 0.469. The van der Waals surface area contributed by atoms with Crippen molar-refractivity contribution in [1.29, 1.82) is 0 Å². The number of hydrogen-bond donors (Lipinski definition) is 0. The van der Waals surface area contributed by atoms with Gasteiger partial charge in [0.2, 0.25) is 5.88 Å². The molecule has 0 saturated carbocycles. The zero-order valence-corrected chi connectivity index (χ0v) is 19.2. The van der Waals surface area contributed by atoms with Crippen LogP contribution in [-0.2, 0) is 25.7 Å². The first kappa shape index (κ1) is 23.7. The molecular formula is C22H25F4N5OS. The lowest BCUT2D eigenvalue weighted by atomic mass is 10.1. The highest BCUT2D eigenvalue weighted by atomic mass is 32.2. The van der Waals surface area contributed by atoms with E-state index in [2.05, 4.69) is 37.2 Å². The number of alkyl halides is 3. The largest absolute Gasteiger partial charge is 0.480 e. The monoisotopic (exact) mass is 483 g/mol. The standard InChI is InChI=1S/C15H20N4.C7H5F4NOS/c1-11-5-8-18(9-11)10-13-17-15-14-12(4-6-16-15)3-2-7-19(13)14;1-13-6-5(14-11)2-4(3-12-6)7(8,9)10/h4,6,11H,2-3,5,7-10H2,1H3;2-3H,1H3. The summed E-state index contributed by atoms with van der Waals surface area (Å²) >= 11 is -0.337. The Bertz CT molecular complexity index is 1120. The number of imidazole rings is 1. The Morgan fingerprint density at radius 3 is 2.73 bits per heavy atom. The molecule has 5 heterocycles. The van der Waals surface area contributed by atoms with Crippen molar-refractivity contribution in [3.63, 3.8) is 0 Å². The molecule has 5 rings (SSSR count). The van der Waals surface area contributed by atoms with Crippen LogP contribution in [-0.4, -0.2) is 44.6 Å². The maximum Gasteiger partial charge on any atom is 0.417 e. The van der Waals surface area contributed by atoms with Gasteiger partial charge in [-0.05, 0) is 49.4 Å². The number of halogens is 4. The van der Waals surface area contributed by atoms with E-state index >= 15 is 0 Å². The van der Waals surface area contributed by atoms with E-state index in [4.69, 9.17) is 4.98 Å².